The van der Waals surface area contributed by atoms with Crippen LogP contribution in [0.2, 0.25) is 0 Å². The maximum atomic E-state index is 11.9. The van der Waals surface area contributed by atoms with Crippen molar-refractivity contribution in [2.24, 2.45) is 17.8 Å². The quantitative estimate of drug-likeness (QED) is 0.675. The van der Waals surface area contributed by atoms with Crippen LogP contribution in [0, 0.1) is 17.8 Å². The van der Waals surface area contributed by atoms with Crippen LogP contribution in [-0.2, 0) is 4.79 Å². The molecule has 2 saturated carbocycles. The molecule has 2 aliphatic carbocycles. The van der Waals surface area contributed by atoms with Crippen LogP contribution >= 0.6 is 0 Å². The number of nitrogens with one attached hydrogen (secondary N) is 1. The number of unbranched alkanes of at least 4 members (excludes halogenated alkanes) is 4. The lowest BCUT2D eigenvalue weighted by molar-refractivity contribution is -0.122. The lowest BCUT2D eigenvalue weighted by atomic mass is 10.0. The van der Waals surface area contributed by atoms with Crippen molar-refractivity contribution in [2.45, 2.75) is 64.7 Å². The molecule has 2 fully saturated rings. The molecule has 0 aromatic heterocycles. The summed E-state index contributed by atoms with van der Waals surface area (Å²) in [6.07, 6.45) is 11.7. The fourth-order valence-electron chi connectivity index (χ4n) is 3.44. The van der Waals surface area contributed by atoms with Gasteiger partial charge in [-0.1, -0.05) is 45.4 Å². The summed E-state index contributed by atoms with van der Waals surface area (Å²) >= 11 is 0. The summed E-state index contributed by atoms with van der Waals surface area (Å²) in [6, 6.07) is 0. The van der Waals surface area contributed by atoms with Crippen molar-refractivity contribution in [1.29, 1.82) is 0 Å². The van der Waals surface area contributed by atoms with E-state index in [4.69, 9.17) is 0 Å². The lowest BCUT2D eigenvalue weighted by Gasteiger charge is -2.04. The zero-order chi connectivity index (χ0) is 12.1. The fourth-order valence-corrected chi connectivity index (χ4v) is 3.44. The van der Waals surface area contributed by atoms with Gasteiger partial charge in [0.1, 0.15) is 0 Å². The van der Waals surface area contributed by atoms with Gasteiger partial charge in [0, 0.05) is 12.5 Å². The van der Waals surface area contributed by atoms with Crippen molar-refractivity contribution >= 4 is 5.91 Å². The zero-order valence-corrected chi connectivity index (χ0v) is 11.2. The van der Waals surface area contributed by atoms with Crippen LogP contribution in [0.1, 0.15) is 64.7 Å². The molecule has 2 rings (SSSR count). The summed E-state index contributed by atoms with van der Waals surface area (Å²) in [7, 11) is 0. The third kappa shape index (κ3) is 3.46. The van der Waals surface area contributed by atoms with Crippen molar-refractivity contribution in [3.05, 3.63) is 0 Å². The molecule has 0 aromatic rings. The summed E-state index contributed by atoms with van der Waals surface area (Å²) < 4.78 is 0. The van der Waals surface area contributed by atoms with Crippen molar-refractivity contribution in [3.63, 3.8) is 0 Å². The van der Waals surface area contributed by atoms with Gasteiger partial charge in [0.25, 0.3) is 0 Å². The normalized spacial score (nSPS) is 30.8. The third-order valence-corrected chi connectivity index (χ3v) is 4.54. The molecule has 1 unspecified atom stereocenters. The Balaban J connectivity index is 1.53. The minimum Gasteiger partial charge on any atom is -0.356 e. The van der Waals surface area contributed by atoms with Gasteiger partial charge in [0.2, 0.25) is 5.91 Å². The molecule has 0 aliphatic heterocycles. The van der Waals surface area contributed by atoms with E-state index in [0.29, 0.717) is 11.8 Å². The molecule has 0 heterocycles. The van der Waals surface area contributed by atoms with Gasteiger partial charge in [-0.3, -0.25) is 4.79 Å². The molecule has 2 aliphatic rings. The largest absolute Gasteiger partial charge is 0.356 e. The van der Waals surface area contributed by atoms with Crippen molar-refractivity contribution < 1.29 is 4.79 Å². The summed E-state index contributed by atoms with van der Waals surface area (Å²) in [5.41, 5.74) is 0. The highest BCUT2D eigenvalue weighted by molar-refractivity contribution is 5.82. The highest BCUT2D eigenvalue weighted by Crippen LogP contribution is 2.55. The molecule has 17 heavy (non-hydrogen) atoms. The SMILES string of the molecule is CCCCCCCNC(=O)C1[C@H]2CCCC[C@@H]12. The van der Waals surface area contributed by atoms with Crippen molar-refractivity contribution in [1.82, 2.24) is 5.32 Å². The second kappa shape index (κ2) is 6.42. The smallest absolute Gasteiger partial charge is 0.223 e. The van der Waals surface area contributed by atoms with E-state index < -0.39 is 0 Å². The molecule has 1 N–H and O–H groups in total. The molecule has 0 radical (unpaired) electrons. The van der Waals surface area contributed by atoms with Gasteiger partial charge < -0.3 is 5.32 Å². The Morgan fingerprint density at radius 1 is 1.06 bits per heavy atom. The number of rotatable bonds is 7. The Kier molecular flexibility index (Phi) is 4.87. The lowest BCUT2D eigenvalue weighted by Crippen LogP contribution is -2.27. The van der Waals surface area contributed by atoms with Gasteiger partial charge in [-0.25, -0.2) is 0 Å². The van der Waals surface area contributed by atoms with E-state index in [9.17, 15) is 4.79 Å². The minimum atomic E-state index is 0.359. The molecular weight excluding hydrogens is 210 g/mol. The topological polar surface area (TPSA) is 29.1 Å². The Hall–Kier alpha value is -0.530. The van der Waals surface area contributed by atoms with Crippen LogP contribution in [-0.4, -0.2) is 12.5 Å². The van der Waals surface area contributed by atoms with Crippen LogP contribution < -0.4 is 5.32 Å². The first-order chi connectivity index (χ1) is 8.34. The Bertz CT molecular complexity index is 239. The molecule has 98 valence electrons. The van der Waals surface area contributed by atoms with Crippen LogP contribution in [0.25, 0.3) is 0 Å². The van der Waals surface area contributed by atoms with E-state index in [1.165, 1.54) is 51.4 Å². The Morgan fingerprint density at radius 3 is 2.35 bits per heavy atom. The number of hydrogen-bond acceptors (Lipinski definition) is 1. The van der Waals surface area contributed by atoms with Gasteiger partial charge in [-0.05, 0) is 31.1 Å². The highest BCUT2D eigenvalue weighted by atomic mass is 16.2. The molecular formula is C15H27NO. The summed E-state index contributed by atoms with van der Waals surface area (Å²) in [4.78, 5) is 11.9. The van der Waals surface area contributed by atoms with E-state index >= 15 is 0 Å². The van der Waals surface area contributed by atoms with Gasteiger partial charge in [0.05, 0.1) is 0 Å². The summed E-state index contributed by atoms with van der Waals surface area (Å²) in [5, 5.41) is 3.14. The van der Waals surface area contributed by atoms with Gasteiger partial charge >= 0.3 is 0 Å². The molecule has 0 aromatic carbocycles. The van der Waals surface area contributed by atoms with Gasteiger partial charge in [-0.2, -0.15) is 0 Å². The average Bonchev–Trinajstić information content (AvgIpc) is 3.07. The van der Waals surface area contributed by atoms with Crippen LogP contribution in [0.3, 0.4) is 0 Å². The number of carbonyl (C=O) groups excluding carboxylic acids is 1. The van der Waals surface area contributed by atoms with Gasteiger partial charge in [0.15, 0.2) is 0 Å². The van der Waals surface area contributed by atoms with Crippen LogP contribution in [0.15, 0.2) is 0 Å². The molecule has 3 atom stereocenters. The number of fused-ring (bicyclic) bond motifs is 1. The monoisotopic (exact) mass is 237 g/mol. The van der Waals surface area contributed by atoms with Crippen LogP contribution in [0.5, 0.6) is 0 Å². The first-order valence-corrected chi connectivity index (χ1v) is 7.62. The zero-order valence-electron chi connectivity index (χ0n) is 11.2. The van der Waals surface area contributed by atoms with Crippen molar-refractivity contribution in [3.8, 4) is 0 Å². The number of amides is 1. The Morgan fingerprint density at radius 2 is 1.71 bits per heavy atom. The molecule has 2 heteroatoms. The maximum Gasteiger partial charge on any atom is 0.223 e. The van der Waals surface area contributed by atoms with E-state index in [1.807, 2.05) is 0 Å². The van der Waals surface area contributed by atoms with E-state index in [2.05, 4.69) is 12.2 Å². The number of hydrogen-bond donors (Lipinski definition) is 1. The number of carbonyl (C=O) groups is 1. The predicted octanol–water partition coefficient (Wildman–Crippen LogP) is 3.51. The predicted molar refractivity (Wildman–Crippen MR) is 70.7 cm³/mol. The van der Waals surface area contributed by atoms with Crippen LogP contribution in [0.4, 0.5) is 0 Å². The minimum absolute atomic E-state index is 0.359. The molecule has 2 nitrogen and oxygen atoms in total. The van der Waals surface area contributed by atoms with Gasteiger partial charge in [-0.15, -0.1) is 0 Å². The summed E-state index contributed by atoms with van der Waals surface area (Å²) in [6.45, 7) is 3.13. The fraction of sp³-hybridized carbons (Fsp3) is 0.933. The first kappa shape index (κ1) is 12.9. The molecule has 0 spiro atoms. The second-order valence-electron chi connectivity index (χ2n) is 5.84. The van der Waals surface area contributed by atoms with E-state index in [1.54, 1.807) is 0 Å². The first-order valence-electron chi connectivity index (χ1n) is 7.62. The highest BCUT2D eigenvalue weighted by Gasteiger charge is 2.54. The molecule has 0 saturated heterocycles. The summed E-state index contributed by atoms with van der Waals surface area (Å²) in [5.74, 6) is 2.26. The average molecular weight is 237 g/mol. The maximum absolute atomic E-state index is 11.9. The second-order valence-corrected chi connectivity index (χ2v) is 5.84. The van der Waals surface area contributed by atoms with Crippen molar-refractivity contribution in [2.75, 3.05) is 6.54 Å². The third-order valence-electron chi connectivity index (χ3n) is 4.54. The van der Waals surface area contributed by atoms with E-state index in [-0.39, 0.29) is 0 Å². The standard InChI is InChI=1S/C15H27NO/c1-2-3-4-5-8-11-16-15(17)14-12-9-6-7-10-13(12)14/h12-14H,2-11H2,1H3,(H,16,17)/t12-,13+,14?. The van der Waals surface area contributed by atoms with E-state index in [0.717, 1.165) is 24.8 Å². The Labute approximate surface area is 106 Å². The molecule has 0 bridgehead atoms. The molecule has 1 amide bonds.